The van der Waals surface area contributed by atoms with Crippen molar-refractivity contribution in [3.63, 3.8) is 0 Å². The van der Waals surface area contributed by atoms with Crippen LogP contribution in [0.3, 0.4) is 0 Å². The van der Waals surface area contributed by atoms with Crippen molar-refractivity contribution >= 4 is 11.8 Å². The maximum absolute atomic E-state index is 5.89. The molecule has 3 aromatic heterocycles. The number of nitrogens with zero attached hydrogens (tertiary/aromatic N) is 5. The molecule has 2 fully saturated rings. The van der Waals surface area contributed by atoms with Crippen LogP contribution in [0.25, 0.3) is 23.0 Å². The van der Waals surface area contributed by atoms with Gasteiger partial charge in [0.15, 0.2) is 10.9 Å². The average Bonchev–Trinajstić information content (AvgIpc) is 3.66. The van der Waals surface area contributed by atoms with Gasteiger partial charge in [-0.3, -0.25) is 4.57 Å². The molecule has 8 heteroatoms. The third-order valence-electron chi connectivity index (χ3n) is 7.04. The Morgan fingerprint density at radius 2 is 1.94 bits per heavy atom. The second-order valence-corrected chi connectivity index (χ2v) is 9.83. The van der Waals surface area contributed by atoms with Crippen molar-refractivity contribution in [3.8, 4) is 23.0 Å². The fraction of sp³-hybridized carbons (Fsp3) is 0.417. The topological polar surface area (TPSA) is 82.8 Å². The number of aromatic nitrogens is 5. The molecular weight excluding hydrogens is 422 g/mol. The van der Waals surface area contributed by atoms with Crippen LogP contribution in [0.4, 0.5) is 0 Å². The van der Waals surface area contributed by atoms with Crippen LogP contribution in [0.2, 0.25) is 0 Å². The molecule has 3 heterocycles. The van der Waals surface area contributed by atoms with Gasteiger partial charge in [0.2, 0.25) is 17.6 Å². The lowest BCUT2D eigenvalue weighted by Gasteiger charge is -2.30. The molecule has 2 aliphatic carbocycles. The number of hydrogen-bond donors (Lipinski definition) is 0. The van der Waals surface area contributed by atoms with E-state index in [-0.39, 0.29) is 0 Å². The smallest absolute Gasteiger partial charge is 0.247 e. The summed E-state index contributed by atoms with van der Waals surface area (Å²) in [7, 11) is 0. The summed E-state index contributed by atoms with van der Waals surface area (Å²) in [4.78, 5) is 0. The van der Waals surface area contributed by atoms with Crippen molar-refractivity contribution in [2.45, 2.75) is 49.6 Å². The van der Waals surface area contributed by atoms with E-state index >= 15 is 0 Å². The zero-order chi connectivity index (χ0) is 21.5. The molecule has 7 nitrogen and oxygen atoms in total. The van der Waals surface area contributed by atoms with E-state index in [1.807, 2.05) is 42.5 Å². The SMILES string of the molecule is C[C@H]([C@@H]1C[C@H]2CC[C@H]1C2)n1c(SCc2nnc(-c3ccccc3)o2)nnc1-c1ccco1. The molecule has 0 saturated heterocycles. The summed E-state index contributed by atoms with van der Waals surface area (Å²) in [5, 5.41) is 18.3. The van der Waals surface area contributed by atoms with Gasteiger partial charge in [0.1, 0.15) is 0 Å². The number of rotatable bonds is 7. The van der Waals surface area contributed by atoms with E-state index in [2.05, 4.69) is 31.9 Å². The molecule has 2 aliphatic rings. The molecular formula is C24H25N5O2S. The Hall–Kier alpha value is -2.87. The van der Waals surface area contributed by atoms with Gasteiger partial charge in [0.05, 0.1) is 12.0 Å². The van der Waals surface area contributed by atoms with Crippen LogP contribution in [0.5, 0.6) is 0 Å². The Labute approximate surface area is 190 Å². The fourth-order valence-electron chi connectivity index (χ4n) is 5.53. The fourth-order valence-corrected chi connectivity index (χ4v) is 6.39. The van der Waals surface area contributed by atoms with Crippen molar-refractivity contribution in [1.82, 2.24) is 25.0 Å². The molecule has 4 aromatic rings. The first-order valence-electron chi connectivity index (χ1n) is 11.3. The van der Waals surface area contributed by atoms with E-state index in [9.17, 15) is 0 Å². The largest absolute Gasteiger partial charge is 0.461 e. The molecule has 0 N–H and O–H groups in total. The Kier molecular flexibility index (Phi) is 5.09. The van der Waals surface area contributed by atoms with Crippen LogP contribution in [-0.4, -0.2) is 25.0 Å². The summed E-state index contributed by atoms with van der Waals surface area (Å²) in [6.45, 7) is 2.31. The molecule has 0 aliphatic heterocycles. The van der Waals surface area contributed by atoms with Crippen LogP contribution in [-0.2, 0) is 5.75 Å². The van der Waals surface area contributed by atoms with Gasteiger partial charge in [-0.2, -0.15) is 0 Å². The summed E-state index contributed by atoms with van der Waals surface area (Å²) < 4.78 is 13.8. The summed E-state index contributed by atoms with van der Waals surface area (Å²) >= 11 is 1.59. The summed E-state index contributed by atoms with van der Waals surface area (Å²) in [6, 6.07) is 14.0. The zero-order valence-electron chi connectivity index (χ0n) is 17.9. The molecule has 32 heavy (non-hydrogen) atoms. The molecule has 0 amide bonds. The second kappa shape index (κ2) is 8.24. The van der Waals surface area contributed by atoms with Crippen LogP contribution < -0.4 is 0 Å². The average molecular weight is 448 g/mol. The maximum atomic E-state index is 5.89. The molecule has 1 aromatic carbocycles. The van der Waals surface area contributed by atoms with Gasteiger partial charge in [-0.05, 0) is 68.2 Å². The first kappa shape index (κ1) is 19.8. The Morgan fingerprint density at radius 1 is 1.03 bits per heavy atom. The molecule has 0 radical (unpaired) electrons. The Balaban J connectivity index is 1.26. The van der Waals surface area contributed by atoms with Gasteiger partial charge in [0.25, 0.3) is 0 Å². The number of thioether (sulfide) groups is 1. The van der Waals surface area contributed by atoms with Crippen molar-refractivity contribution < 1.29 is 8.83 Å². The molecule has 6 rings (SSSR count). The lowest BCUT2D eigenvalue weighted by atomic mass is 9.84. The van der Waals surface area contributed by atoms with Crippen molar-refractivity contribution in [3.05, 3.63) is 54.6 Å². The highest BCUT2D eigenvalue weighted by atomic mass is 32.2. The Morgan fingerprint density at radius 3 is 2.69 bits per heavy atom. The Bertz CT molecular complexity index is 1190. The third kappa shape index (κ3) is 3.56. The van der Waals surface area contributed by atoms with Crippen LogP contribution >= 0.6 is 11.8 Å². The van der Waals surface area contributed by atoms with Gasteiger partial charge >= 0.3 is 0 Å². The minimum absolute atomic E-state index is 0.311. The van der Waals surface area contributed by atoms with Gasteiger partial charge in [-0.25, -0.2) is 0 Å². The minimum Gasteiger partial charge on any atom is -0.461 e. The first-order valence-corrected chi connectivity index (χ1v) is 12.2. The number of hydrogen-bond acceptors (Lipinski definition) is 7. The van der Waals surface area contributed by atoms with Crippen LogP contribution in [0.15, 0.2) is 62.7 Å². The van der Waals surface area contributed by atoms with Crippen LogP contribution in [0.1, 0.15) is 44.5 Å². The molecule has 2 bridgehead atoms. The summed E-state index contributed by atoms with van der Waals surface area (Å²) in [6.07, 6.45) is 7.11. The van der Waals surface area contributed by atoms with E-state index in [1.54, 1.807) is 18.0 Å². The van der Waals surface area contributed by atoms with Crippen LogP contribution in [0, 0.1) is 17.8 Å². The first-order chi connectivity index (χ1) is 15.8. The molecule has 0 spiro atoms. The molecule has 0 unspecified atom stereocenters. The van der Waals surface area contributed by atoms with Gasteiger partial charge in [0, 0.05) is 11.6 Å². The van der Waals surface area contributed by atoms with E-state index in [4.69, 9.17) is 8.83 Å². The lowest BCUT2D eigenvalue weighted by molar-refractivity contribution is 0.235. The number of fused-ring (bicyclic) bond motifs is 2. The second-order valence-electron chi connectivity index (χ2n) is 8.89. The lowest BCUT2D eigenvalue weighted by Crippen LogP contribution is -2.23. The zero-order valence-corrected chi connectivity index (χ0v) is 18.7. The quantitative estimate of drug-likeness (QED) is 0.327. The van der Waals surface area contributed by atoms with Gasteiger partial charge in [-0.15, -0.1) is 20.4 Å². The summed E-state index contributed by atoms with van der Waals surface area (Å²) in [5.74, 6) is 5.56. The highest BCUT2D eigenvalue weighted by molar-refractivity contribution is 7.98. The van der Waals surface area contributed by atoms with Gasteiger partial charge in [-0.1, -0.05) is 36.4 Å². The minimum atomic E-state index is 0.311. The number of benzene rings is 1. The highest BCUT2D eigenvalue weighted by Crippen LogP contribution is 2.53. The standard InChI is InChI=1S/C24H25N5O2S/c1-15(19-13-16-9-10-18(19)12-16)29-22(20-8-5-11-30-20)26-28-24(29)32-14-21-25-27-23(31-21)17-6-3-2-4-7-17/h2-8,11,15-16,18-19H,9-10,12-14H2,1H3/t15-,16+,18+,19+/m1/s1. The normalized spacial score (nSPS) is 23.1. The monoisotopic (exact) mass is 447 g/mol. The summed E-state index contributed by atoms with van der Waals surface area (Å²) in [5.41, 5.74) is 0.921. The van der Waals surface area contributed by atoms with Gasteiger partial charge < -0.3 is 8.83 Å². The van der Waals surface area contributed by atoms with Crippen molar-refractivity contribution in [2.75, 3.05) is 0 Å². The molecule has 4 atom stereocenters. The third-order valence-corrected chi connectivity index (χ3v) is 7.97. The van der Waals surface area contributed by atoms with E-state index < -0.39 is 0 Å². The maximum Gasteiger partial charge on any atom is 0.247 e. The van der Waals surface area contributed by atoms with Crippen molar-refractivity contribution in [1.29, 1.82) is 0 Å². The van der Waals surface area contributed by atoms with E-state index in [0.717, 1.165) is 34.1 Å². The molecule has 2 saturated carbocycles. The predicted octanol–water partition coefficient (Wildman–Crippen LogP) is 5.88. The number of furan rings is 1. The van der Waals surface area contributed by atoms with E-state index in [1.165, 1.54) is 25.7 Å². The van der Waals surface area contributed by atoms with E-state index in [0.29, 0.717) is 29.5 Å². The predicted molar refractivity (Wildman–Crippen MR) is 121 cm³/mol. The molecule has 164 valence electrons. The highest BCUT2D eigenvalue weighted by Gasteiger charge is 2.43. The van der Waals surface area contributed by atoms with Crippen molar-refractivity contribution in [2.24, 2.45) is 17.8 Å².